The van der Waals surface area contributed by atoms with Crippen LogP contribution in [0.2, 0.25) is 0 Å². The van der Waals surface area contributed by atoms with Crippen molar-refractivity contribution in [2.24, 2.45) is 22.7 Å². The van der Waals surface area contributed by atoms with Crippen LogP contribution in [0, 0.1) is 22.7 Å². The number of nitrogens with zero attached hydrogens (tertiary/aromatic N) is 1. The second kappa shape index (κ2) is 4.22. The molecule has 0 radical (unpaired) electrons. The number of likely N-dealkylation sites (tertiary alicyclic amines) is 1. The number of rotatable bonds is 3. The van der Waals surface area contributed by atoms with Crippen LogP contribution in [-0.4, -0.2) is 36.9 Å². The van der Waals surface area contributed by atoms with E-state index >= 15 is 0 Å². The lowest BCUT2D eigenvalue weighted by atomic mass is 9.61. The van der Waals surface area contributed by atoms with E-state index in [1.54, 1.807) is 7.11 Å². The second-order valence-electron chi connectivity index (χ2n) is 10.2. The van der Waals surface area contributed by atoms with Gasteiger partial charge in [0.25, 0.3) is 0 Å². The van der Waals surface area contributed by atoms with Gasteiger partial charge in [-0.05, 0) is 67.7 Å². The average molecular weight is 349 g/mol. The van der Waals surface area contributed by atoms with Crippen molar-refractivity contribution in [3.8, 4) is 5.75 Å². The molecule has 4 saturated carbocycles. The Labute approximate surface area is 155 Å². The summed E-state index contributed by atoms with van der Waals surface area (Å²) in [4.78, 5) is 15.9. The number of hydrogen-bond acceptors (Lipinski definition) is 3. The van der Waals surface area contributed by atoms with E-state index in [4.69, 9.17) is 4.74 Å². The Morgan fingerprint density at radius 3 is 2.88 bits per heavy atom. The summed E-state index contributed by atoms with van der Waals surface area (Å²) < 4.78 is 5.58. The third kappa shape index (κ3) is 1.29. The fraction of sp³-hybridized carbons (Fsp3) is 0.696. The molecule has 5 aliphatic carbocycles. The van der Waals surface area contributed by atoms with Gasteiger partial charge in [-0.3, -0.25) is 9.69 Å². The summed E-state index contributed by atoms with van der Waals surface area (Å²) in [5.41, 5.74) is 3.87. The van der Waals surface area contributed by atoms with Crippen LogP contribution in [0.1, 0.15) is 49.7 Å². The molecule has 1 aromatic carbocycles. The fourth-order valence-electron chi connectivity index (χ4n) is 8.66. The number of hydrogen-bond donors (Lipinski definition) is 0. The van der Waals surface area contributed by atoms with Gasteiger partial charge < -0.3 is 4.74 Å². The lowest BCUT2D eigenvalue weighted by Crippen LogP contribution is -2.51. The monoisotopic (exact) mass is 349 g/mol. The highest BCUT2D eigenvalue weighted by molar-refractivity contribution is 5.88. The van der Waals surface area contributed by atoms with Crippen LogP contribution in [0.25, 0.3) is 0 Å². The van der Waals surface area contributed by atoms with E-state index < -0.39 is 0 Å². The van der Waals surface area contributed by atoms with Gasteiger partial charge in [0.2, 0.25) is 0 Å². The first kappa shape index (κ1) is 14.7. The Balaban J connectivity index is 1.41. The molecule has 3 heteroatoms. The molecule has 3 spiro atoms. The van der Waals surface area contributed by atoms with E-state index in [0.29, 0.717) is 22.5 Å². The normalized spacial score (nSPS) is 47.3. The minimum absolute atomic E-state index is 0.141. The van der Waals surface area contributed by atoms with E-state index in [2.05, 4.69) is 23.1 Å². The molecule has 5 atom stereocenters. The van der Waals surface area contributed by atoms with E-state index in [-0.39, 0.29) is 5.41 Å². The number of fused-ring (bicyclic) bond motifs is 2. The molecule has 7 rings (SSSR count). The third-order valence-electron chi connectivity index (χ3n) is 9.56. The van der Waals surface area contributed by atoms with Crippen molar-refractivity contribution in [2.75, 3.05) is 20.2 Å². The highest BCUT2D eigenvalue weighted by atomic mass is 16.5. The summed E-state index contributed by atoms with van der Waals surface area (Å²) in [7, 11) is 1.76. The maximum atomic E-state index is 13.0. The van der Waals surface area contributed by atoms with Crippen LogP contribution in [0.3, 0.4) is 0 Å². The molecule has 1 aromatic rings. The molecule has 136 valence electrons. The molecule has 5 unspecified atom stereocenters. The van der Waals surface area contributed by atoms with Crippen molar-refractivity contribution in [3.05, 3.63) is 29.3 Å². The molecule has 1 saturated heterocycles. The number of piperidine rings is 1. The zero-order chi connectivity index (χ0) is 17.3. The van der Waals surface area contributed by atoms with Gasteiger partial charge in [-0.2, -0.15) is 0 Å². The smallest absolute Gasteiger partial charge is 0.136 e. The molecule has 1 aliphatic heterocycles. The van der Waals surface area contributed by atoms with Crippen molar-refractivity contribution < 1.29 is 9.53 Å². The molecule has 2 bridgehead atoms. The number of Topliss-reactive ketones (excluding diaryl/α,β-unsaturated/α-hetero) is 1. The Morgan fingerprint density at radius 1 is 1.19 bits per heavy atom. The topological polar surface area (TPSA) is 29.5 Å². The van der Waals surface area contributed by atoms with E-state index in [0.717, 1.165) is 30.6 Å². The van der Waals surface area contributed by atoms with E-state index in [1.165, 1.54) is 56.3 Å². The lowest BCUT2D eigenvalue weighted by Gasteiger charge is -2.47. The molecule has 3 nitrogen and oxygen atoms in total. The first-order valence-corrected chi connectivity index (χ1v) is 10.6. The highest BCUT2D eigenvalue weighted by Gasteiger charge is 2.95. The SMILES string of the molecule is COc1ccc2c(c1)C13CC(=O)C4CCC5N(CC6CC6)CC1(C2)C53C4. The van der Waals surface area contributed by atoms with Crippen LogP contribution < -0.4 is 4.74 Å². The number of ether oxygens (including phenoxy) is 1. The van der Waals surface area contributed by atoms with Crippen molar-refractivity contribution in [3.63, 3.8) is 0 Å². The van der Waals surface area contributed by atoms with Gasteiger partial charge in [0.05, 0.1) is 7.11 Å². The van der Waals surface area contributed by atoms with Gasteiger partial charge in [-0.1, -0.05) is 6.07 Å². The van der Waals surface area contributed by atoms with E-state index in [9.17, 15) is 4.79 Å². The number of ketones is 1. The van der Waals surface area contributed by atoms with Crippen LogP contribution in [0.5, 0.6) is 5.75 Å². The number of carbonyl (C=O) groups excluding carboxylic acids is 1. The largest absolute Gasteiger partial charge is 0.497 e. The maximum Gasteiger partial charge on any atom is 0.136 e. The Morgan fingerprint density at radius 2 is 2.08 bits per heavy atom. The van der Waals surface area contributed by atoms with Gasteiger partial charge >= 0.3 is 0 Å². The van der Waals surface area contributed by atoms with Crippen molar-refractivity contribution in [1.82, 2.24) is 4.90 Å². The van der Waals surface area contributed by atoms with Crippen molar-refractivity contribution >= 4 is 5.78 Å². The Bertz CT molecular complexity index is 860. The summed E-state index contributed by atoms with van der Waals surface area (Å²) in [5, 5.41) is 0. The van der Waals surface area contributed by atoms with Crippen molar-refractivity contribution in [2.45, 2.75) is 56.4 Å². The first-order chi connectivity index (χ1) is 12.6. The first-order valence-electron chi connectivity index (χ1n) is 10.6. The van der Waals surface area contributed by atoms with Gasteiger partial charge in [-0.15, -0.1) is 0 Å². The predicted octanol–water partition coefficient (Wildman–Crippen LogP) is 3.34. The molecule has 0 aromatic heterocycles. The molecule has 0 amide bonds. The molecule has 26 heavy (non-hydrogen) atoms. The minimum atomic E-state index is 0.141. The van der Waals surface area contributed by atoms with Gasteiger partial charge in [0.1, 0.15) is 11.5 Å². The Hall–Kier alpha value is -1.35. The fourth-order valence-corrected chi connectivity index (χ4v) is 8.66. The molecule has 0 N–H and O–H groups in total. The third-order valence-corrected chi connectivity index (χ3v) is 9.56. The molecule has 6 aliphatic rings. The summed E-state index contributed by atoms with van der Waals surface area (Å²) in [6.45, 7) is 2.56. The van der Waals surface area contributed by atoms with Crippen LogP contribution >= 0.6 is 0 Å². The zero-order valence-corrected chi connectivity index (χ0v) is 15.6. The number of carbonyl (C=O) groups is 1. The predicted molar refractivity (Wildman–Crippen MR) is 98.3 cm³/mol. The van der Waals surface area contributed by atoms with Gasteiger partial charge in [0, 0.05) is 47.7 Å². The summed E-state index contributed by atoms with van der Waals surface area (Å²) in [5.74, 6) is 2.84. The van der Waals surface area contributed by atoms with E-state index in [1.807, 2.05) is 0 Å². The summed E-state index contributed by atoms with van der Waals surface area (Å²) in [6.07, 6.45) is 8.46. The standard InChI is InChI=1S/C23H27NO2/c1-26-17-6-4-15-9-21-13-24(12-14-2-3-14)20-7-5-16-10-23(20,21)22(21,11-19(16)25)18(15)8-17/h4,6,8,14,16,20H,2-3,5,7,9-13H2,1H3. The highest BCUT2D eigenvalue weighted by Crippen LogP contribution is 2.93. The lowest BCUT2D eigenvalue weighted by molar-refractivity contribution is -0.129. The van der Waals surface area contributed by atoms with Crippen LogP contribution in [0.4, 0.5) is 0 Å². The molecular weight excluding hydrogens is 322 g/mol. The van der Waals surface area contributed by atoms with Gasteiger partial charge in [-0.25, -0.2) is 0 Å². The molecule has 5 fully saturated rings. The molecular formula is C23H27NO2. The quantitative estimate of drug-likeness (QED) is 0.838. The maximum absolute atomic E-state index is 13.0. The summed E-state index contributed by atoms with van der Waals surface area (Å²) >= 11 is 0. The average Bonchev–Trinajstić information content (AvgIpc) is 3.48. The number of benzene rings is 1. The Kier molecular flexibility index (Phi) is 2.38. The zero-order valence-electron chi connectivity index (χ0n) is 15.6. The molecule has 1 heterocycles. The number of methoxy groups -OCH3 is 1. The van der Waals surface area contributed by atoms with Crippen LogP contribution in [-0.2, 0) is 16.6 Å². The van der Waals surface area contributed by atoms with Gasteiger partial charge in [0.15, 0.2) is 0 Å². The van der Waals surface area contributed by atoms with Crippen molar-refractivity contribution in [1.29, 1.82) is 0 Å². The minimum Gasteiger partial charge on any atom is -0.497 e. The van der Waals surface area contributed by atoms with Crippen LogP contribution in [0.15, 0.2) is 18.2 Å². The summed E-state index contributed by atoms with van der Waals surface area (Å²) in [6, 6.07) is 7.43. The second-order valence-corrected chi connectivity index (χ2v) is 10.2.